The van der Waals surface area contributed by atoms with Gasteiger partial charge in [-0.25, -0.2) is 4.68 Å². The second-order valence-electron chi connectivity index (χ2n) is 7.58. The Labute approximate surface area is 171 Å². The van der Waals surface area contributed by atoms with Gasteiger partial charge in [0.2, 0.25) is 0 Å². The average molecular weight is 414 g/mol. The van der Waals surface area contributed by atoms with Crippen molar-refractivity contribution in [3.63, 3.8) is 0 Å². The maximum atomic E-state index is 13.8. The average Bonchev–Trinajstić information content (AvgIpc) is 3.11. The van der Waals surface area contributed by atoms with E-state index in [2.05, 4.69) is 15.7 Å². The van der Waals surface area contributed by atoms with Crippen LogP contribution in [0.4, 0.5) is 24.7 Å². The Bertz CT molecular complexity index is 1070. The van der Waals surface area contributed by atoms with Gasteiger partial charge in [-0.05, 0) is 37.1 Å². The molecular formula is C22H21F3N4O. The van der Waals surface area contributed by atoms with Gasteiger partial charge in [0.05, 0.1) is 6.04 Å². The number of aryl methyl sites for hydroxylation is 2. The van der Waals surface area contributed by atoms with Gasteiger partial charge in [0, 0.05) is 18.2 Å². The topological polar surface area (TPSA) is 59.0 Å². The van der Waals surface area contributed by atoms with E-state index in [1.807, 2.05) is 44.2 Å². The highest BCUT2D eigenvalue weighted by Crippen LogP contribution is 2.43. The molecule has 2 N–H and O–H groups in total. The number of hydrogen-bond donors (Lipinski definition) is 2. The van der Waals surface area contributed by atoms with Crippen molar-refractivity contribution in [2.45, 2.75) is 38.5 Å². The molecule has 3 aromatic rings. The lowest BCUT2D eigenvalue weighted by atomic mass is 9.96. The van der Waals surface area contributed by atoms with E-state index in [9.17, 15) is 18.0 Å². The molecule has 0 spiro atoms. The van der Waals surface area contributed by atoms with E-state index in [0.717, 1.165) is 21.4 Å². The molecule has 0 unspecified atom stereocenters. The van der Waals surface area contributed by atoms with Gasteiger partial charge >= 0.3 is 6.18 Å². The van der Waals surface area contributed by atoms with Gasteiger partial charge in [-0.2, -0.15) is 18.3 Å². The van der Waals surface area contributed by atoms with Crippen molar-refractivity contribution in [3.05, 3.63) is 77.0 Å². The molecule has 156 valence electrons. The van der Waals surface area contributed by atoms with Crippen molar-refractivity contribution in [1.29, 1.82) is 0 Å². The zero-order valence-electron chi connectivity index (χ0n) is 16.5. The highest BCUT2D eigenvalue weighted by molar-refractivity contribution is 6.03. The van der Waals surface area contributed by atoms with E-state index in [-0.39, 0.29) is 17.9 Å². The Hall–Kier alpha value is -3.29. The number of nitrogens with one attached hydrogen (secondary N) is 2. The lowest BCUT2D eigenvalue weighted by molar-refractivity contribution is -0.173. The van der Waals surface area contributed by atoms with Crippen LogP contribution in [-0.2, 0) is 0 Å². The molecule has 2 heterocycles. The number of nitrogens with zero attached hydrogens (tertiary/aromatic N) is 2. The van der Waals surface area contributed by atoms with Crippen LogP contribution in [0.3, 0.4) is 0 Å². The van der Waals surface area contributed by atoms with Gasteiger partial charge in [0.25, 0.3) is 5.91 Å². The third-order valence-corrected chi connectivity index (χ3v) is 5.18. The lowest BCUT2D eigenvalue weighted by Crippen LogP contribution is -2.35. The molecule has 0 saturated carbocycles. The summed E-state index contributed by atoms with van der Waals surface area (Å²) in [4.78, 5) is 12.6. The van der Waals surface area contributed by atoms with Gasteiger partial charge in [-0.3, -0.25) is 4.79 Å². The number of fused-ring (bicyclic) bond motifs is 1. The van der Waals surface area contributed by atoms with E-state index in [4.69, 9.17) is 0 Å². The molecule has 0 aliphatic carbocycles. The van der Waals surface area contributed by atoms with Crippen LogP contribution < -0.4 is 10.6 Å². The number of hydrogen-bond acceptors (Lipinski definition) is 3. The van der Waals surface area contributed by atoms with Gasteiger partial charge < -0.3 is 10.6 Å². The number of carbonyl (C=O) groups excluding carboxylic acids is 1. The first kappa shape index (κ1) is 20.0. The quantitative estimate of drug-likeness (QED) is 0.602. The molecule has 1 aromatic heterocycles. The number of rotatable bonds is 3. The van der Waals surface area contributed by atoms with Gasteiger partial charge in [0.15, 0.2) is 11.7 Å². The summed E-state index contributed by atoms with van der Waals surface area (Å²) in [5.41, 5.74) is 3.23. The zero-order chi connectivity index (χ0) is 21.5. The zero-order valence-corrected chi connectivity index (χ0v) is 16.5. The monoisotopic (exact) mass is 414 g/mol. The van der Waals surface area contributed by atoms with Crippen molar-refractivity contribution in [2.24, 2.45) is 0 Å². The molecule has 5 nitrogen and oxygen atoms in total. The summed E-state index contributed by atoms with van der Waals surface area (Å²) < 4.78 is 42.2. The van der Waals surface area contributed by atoms with Crippen LogP contribution in [0.5, 0.6) is 0 Å². The Morgan fingerprint density at radius 1 is 1.10 bits per heavy atom. The Balaban J connectivity index is 1.64. The minimum Gasteiger partial charge on any atom is -0.363 e. The number of anilines is 2. The third-order valence-electron chi connectivity index (χ3n) is 5.18. The number of carbonyl (C=O) groups is 1. The van der Waals surface area contributed by atoms with Crippen LogP contribution in [0.1, 0.15) is 45.7 Å². The minimum absolute atomic E-state index is 0.0715. The van der Waals surface area contributed by atoms with E-state index < -0.39 is 24.2 Å². The number of alkyl halides is 3. The maximum absolute atomic E-state index is 13.8. The summed E-state index contributed by atoms with van der Waals surface area (Å²) >= 11 is 0. The first-order chi connectivity index (χ1) is 14.2. The Morgan fingerprint density at radius 3 is 2.50 bits per heavy atom. The van der Waals surface area contributed by atoms with Crippen LogP contribution >= 0.6 is 0 Å². The highest BCUT2D eigenvalue weighted by atomic mass is 19.4. The van der Waals surface area contributed by atoms with Crippen molar-refractivity contribution >= 4 is 17.4 Å². The van der Waals surface area contributed by atoms with Crippen molar-refractivity contribution in [2.75, 3.05) is 10.6 Å². The smallest absolute Gasteiger partial charge is 0.363 e. The fourth-order valence-electron chi connectivity index (χ4n) is 3.62. The molecule has 1 aliphatic rings. The largest absolute Gasteiger partial charge is 0.410 e. The van der Waals surface area contributed by atoms with E-state index >= 15 is 0 Å². The fourth-order valence-corrected chi connectivity index (χ4v) is 3.62. The molecule has 0 radical (unpaired) electrons. The molecule has 1 aliphatic heterocycles. The predicted molar refractivity (Wildman–Crippen MR) is 109 cm³/mol. The van der Waals surface area contributed by atoms with Gasteiger partial charge in [-0.15, -0.1) is 0 Å². The van der Waals surface area contributed by atoms with E-state index in [0.29, 0.717) is 5.69 Å². The molecule has 30 heavy (non-hydrogen) atoms. The number of halogens is 3. The van der Waals surface area contributed by atoms with Crippen LogP contribution in [0.25, 0.3) is 0 Å². The molecular weight excluding hydrogens is 393 g/mol. The standard InChI is InChI=1S/C22H21F3N4O/c1-13-6-8-15(9-7-13)17-11-19(22(23,24)25)29-20(27-17)12-18(28-29)21(30)26-16-5-3-4-14(2)10-16/h3-10,12,17,19,27H,11H2,1-2H3,(H,26,30)/t17-,19-/m0/s1. The van der Waals surface area contributed by atoms with Crippen LogP contribution in [-0.4, -0.2) is 21.9 Å². The SMILES string of the molecule is Cc1ccc([C@@H]2C[C@@H](C(F)(F)F)n3nc(C(=O)Nc4cccc(C)c4)cc3N2)cc1. The van der Waals surface area contributed by atoms with Crippen molar-refractivity contribution in [1.82, 2.24) is 9.78 Å². The van der Waals surface area contributed by atoms with Crippen molar-refractivity contribution < 1.29 is 18.0 Å². The number of aromatic nitrogens is 2. The Morgan fingerprint density at radius 2 is 1.83 bits per heavy atom. The van der Waals surface area contributed by atoms with Crippen LogP contribution in [0, 0.1) is 13.8 Å². The molecule has 0 fully saturated rings. The summed E-state index contributed by atoms with van der Waals surface area (Å²) in [6, 6.07) is 13.5. The summed E-state index contributed by atoms with van der Waals surface area (Å²) in [7, 11) is 0. The number of amides is 1. The molecule has 2 atom stereocenters. The highest BCUT2D eigenvalue weighted by Gasteiger charge is 2.46. The van der Waals surface area contributed by atoms with Crippen LogP contribution in [0.15, 0.2) is 54.6 Å². The first-order valence-electron chi connectivity index (χ1n) is 9.58. The lowest BCUT2D eigenvalue weighted by Gasteiger charge is -2.33. The van der Waals surface area contributed by atoms with Gasteiger partial charge in [-0.1, -0.05) is 42.0 Å². The van der Waals surface area contributed by atoms with Crippen molar-refractivity contribution in [3.8, 4) is 0 Å². The summed E-state index contributed by atoms with van der Waals surface area (Å²) in [6.45, 7) is 3.80. The summed E-state index contributed by atoms with van der Waals surface area (Å²) in [5, 5.41) is 9.77. The molecule has 0 bridgehead atoms. The summed E-state index contributed by atoms with van der Waals surface area (Å²) in [5.74, 6) is -0.388. The molecule has 8 heteroatoms. The normalized spacial score (nSPS) is 18.4. The fraction of sp³-hybridized carbons (Fsp3) is 0.273. The maximum Gasteiger partial charge on any atom is 0.410 e. The molecule has 4 rings (SSSR count). The predicted octanol–water partition coefficient (Wildman–Crippen LogP) is 5.41. The first-order valence-corrected chi connectivity index (χ1v) is 9.58. The van der Waals surface area contributed by atoms with E-state index in [1.165, 1.54) is 6.07 Å². The number of benzene rings is 2. The molecule has 0 saturated heterocycles. The van der Waals surface area contributed by atoms with E-state index in [1.54, 1.807) is 18.2 Å². The molecule has 2 aromatic carbocycles. The molecule has 1 amide bonds. The second-order valence-corrected chi connectivity index (χ2v) is 7.58. The second kappa shape index (κ2) is 7.51. The summed E-state index contributed by atoms with van der Waals surface area (Å²) in [6.07, 6.45) is -4.70. The van der Waals surface area contributed by atoms with Gasteiger partial charge in [0.1, 0.15) is 5.82 Å². The third kappa shape index (κ3) is 4.03. The Kier molecular flexibility index (Phi) is 5.01. The van der Waals surface area contributed by atoms with Crippen LogP contribution in [0.2, 0.25) is 0 Å². The minimum atomic E-state index is -4.49.